The Kier molecular flexibility index (Phi) is 6.00. The molecule has 1 aliphatic rings. The van der Waals surface area contributed by atoms with Crippen molar-refractivity contribution < 1.29 is 27.8 Å². The van der Waals surface area contributed by atoms with E-state index in [1.165, 1.54) is 6.92 Å². The monoisotopic (exact) mass is 310 g/mol. The van der Waals surface area contributed by atoms with Crippen LogP contribution in [0.1, 0.15) is 52.4 Å². The minimum Gasteiger partial charge on any atom is -0.448 e. The van der Waals surface area contributed by atoms with Crippen molar-refractivity contribution in [1.82, 2.24) is 5.01 Å². The fourth-order valence-corrected chi connectivity index (χ4v) is 2.11. The summed E-state index contributed by atoms with van der Waals surface area (Å²) in [5.74, 6) is 0. The molecule has 0 spiro atoms. The van der Waals surface area contributed by atoms with Gasteiger partial charge in [0.25, 0.3) is 5.72 Å². The van der Waals surface area contributed by atoms with E-state index in [4.69, 9.17) is 0 Å². The van der Waals surface area contributed by atoms with Gasteiger partial charge in [-0.05, 0) is 19.8 Å². The lowest BCUT2D eigenvalue weighted by Gasteiger charge is -2.31. The first-order chi connectivity index (χ1) is 9.76. The molecule has 5 nitrogen and oxygen atoms in total. The molecule has 1 aliphatic heterocycles. The van der Waals surface area contributed by atoms with E-state index in [1.54, 1.807) is 0 Å². The molecule has 1 heterocycles. The molecular formula is C13H21F3N2O3. The first kappa shape index (κ1) is 17.7. The number of aliphatic hydroxyl groups is 1. The van der Waals surface area contributed by atoms with Crippen molar-refractivity contribution in [3.8, 4) is 0 Å². The average molecular weight is 310 g/mol. The van der Waals surface area contributed by atoms with Crippen molar-refractivity contribution >= 4 is 11.8 Å². The number of hydrazone groups is 1. The molecule has 0 bridgehead atoms. The summed E-state index contributed by atoms with van der Waals surface area (Å²) in [5, 5.41) is 13.5. The lowest BCUT2D eigenvalue weighted by atomic mass is 10.0. The molecule has 1 amide bonds. The van der Waals surface area contributed by atoms with Gasteiger partial charge in [0.15, 0.2) is 0 Å². The molecular weight excluding hydrogens is 289 g/mol. The Bertz CT molecular complexity index is 399. The fraction of sp³-hybridized carbons (Fsp3) is 0.846. The summed E-state index contributed by atoms with van der Waals surface area (Å²) in [7, 11) is 0. The largest absolute Gasteiger partial charge is 0.448 e. The molecule has 0 aromatic heterocycles. The Morgan fingerprint density at radius 2 is 2.05 bits per heavy atom. The van der Waals surface area contributed by atoms with Gasteiger partial charge in [0.2, 0.25) is 0 Å². The first-order valence-corrected chi connectivity index (χ1v) is 7.08. The highest BCUT2D eigenvalue weighted by Crippen LogP contribution is 2.41. The zero-order valence-electron chi connectivity index (χ0n) is 12.2. The molecule has 1 N–H and O–H groups in total. The predicted octanol–water partition coefficient (Wildman–Crippen LogP) is 3.43. The molecule has 8 heteroatoms. The van der Waals surface area contributed by atoms with Gasteiger partial charge in [-0.3, -0.25) is 0 Å². The third-order valence-electron chi connectivity index (χ3n) is 3.26. The highest BCUT2D eigenvalue weighted by Gasteiger charge is 2.63. The van der Waals surface area contributed by atoms with Crippen molar-refractivity contribution in [2.75, 3.05) is 6.61 Å². The maximum atomic E-state index is 13.0. The Morgan fingerprint density at radius 3 is 2.57 bits per heavy atom. The van der Waals surface area contributed by atoms with Crippen LogP contribution in [-0.4, -0.2) is 40.4 Å². The molecule has 0 radical (unpaired) electrons. The summed E-state index contributed by atoms with van der Waals surface area (Å²) in [6.07, 6.45) is -3.13. The standard InChI is InChI=1S/C13H21F3N2O3/c1-3-5-6-7-8-10-9-12(20,13(14,15)16)18(17-10)11(19)21-4-2/h20H,3-9H2,1-2H3. The van der Waals surface area contributed by atoms with Gasteiger partial charge in [-0.15, -0.1) is 0 Å². The van der Waals surface area contributed by atoms with Gasteiger partial charge in [0, 0.05) is 12.1 Å². The second-order valence-corrected chi connectivity index (χ2v) is 4.98. The number of ether oxygens (including phenoxy) is 1. The van der Waals surface area contributed by atoms with Crippen molar-refractivity contribution in [2.24, 2.45) is 5.10 Å². The molecule has 0 saturated carbocycles. The smallest absolute Gasteiger partial charge is 0.439 e. The first-order valence-electron chi connectivity index (χ1n) is 7.08. The predicted molar refractivity (Wildman–Crippen MR) is 70.7 cm³/mol. The second kappa shape index (κ2) is 7.11. The number of unbranched alkanes of at least 4 members (excludes halogenated alkanes) is 3. The molecule has 1 unspecified atom stereocenters. The maximum Gasteiger partial charge on any atom is 0.439 e. The van der Waals surface area contributed by atoms with Crippen LogP contribution in [0.15, 0.2) is 5.10 Å². The van der Waals surface area contributed by atoms with E-state index in [9.17, 15) is 23.1 Å². The summed E-state index contributed by atoms with van der Waals surface area (Å²) in [6, 6.07) is 0. The highest BCUT2D eigenvalue weighted by molar-refractivity contribution is 5.89. The van der Waals surface area contributed by atoms with Crippen molar-refractivity contribution in [3.63, 3.8) is 0 Å². The number of rotatable bonds is 6. The van der Waals surface area contributed by atoms with Gasteiger partial charge in [-0.1, -0.05) is 26.2 Å². The van der Waals surface area contributed by atoms with E-state index >= 15 is 0 Å². The van der Waals surface area contributed by atoms with Gasteiger partial charge in [0.1, 0.15) is 0 Å². The van der Waals surface area contributed by atoms with Crippen LogP contribution in [0.5, 0.6) is 0 Å². The van der Waals surface area contributed by atoms with Crippen LogP contribution in [0.3, 0.4) is 0 Å². The second-order valence-electron chi connectivity index (χ2n) is 4.98. The number of amides is 1. The van der Waals surface area contributed by atoms with E-state index in [0.29, 0.717) is 12.8 Å². The minimum atomic E-state index is -4.99. The van der Waals surface area contributed by atoms with Crippen LogP contribution in [0.4, 0.5) is 18.0 Å². The molecule has 21 heavy (non-hydrogen) atoms. The van der Waals surface area contributed by atoms with Crippen molar-refractivity contribution in [1.29, 1.82) is 0 Å². The van der Waals surface area contributed by atoms with E-state index in [0.717, 1.165) is 19.3 Å². The average Bonchev–Trinajstić information content (AvgIpc) is 2.73. The van der Waals surface area contributed by atoms with E-state index in [1.807, 2.05) is 6.92 Å². The molecule has 1 rings (SSSR count). The van der Waals surface area contributed by atoms with E-state index in [2.05, 4.69) is 9.84 Å². The summed E-state index contributed by atoms with van der Waals surface area (Å²) in [5.41, 5.74) is -3.14. The molecule has 0 saturated heterocycles. The van der Waals surface area contributed by atoms with Gasteiger partial charge in [-0.2, -0.15) is 23.3 Å². The van der Waals surface area contributed by atoms with Gasteiger partial charge < -0.3 is 9.84 Å². The lowest BCUT2D eigenvalue weighted by molar-refractivity contribution is -0.299. The number of hydrogen-bond acceptors (Lipinski definition) is 4. The number of carbonyl (C=O) groups excluding carboxylic acids is 1. The molecule has 0 aliphatic carbocycles. The fourth-order valence-electron chi connectivity index (χ4n) is 2.11. The van der Waals surface area contributed by atoms with Crippen LogP contribution >= 0.6 is 0 Å². The van der Waals surface area contributed by atoms with Gasteiger partial charge in [-0.25, -0.2) is 4.79 Å². The third-order valence-corrected chi connectivity index (χ3v) is 3.26. The Morgan fingerprint density at radius 1 is 1.38 bits per heavy atom. The molecule has 1 atom stereocenters. The summed E-state index contributed by atoms with van der Waals surface area (Å²) < 4.78 is 43.6. The van der Waals surface area contributed by atoms with E-state index < -0.39 is 24.4 Å². The third kappa shape index (κ3) is 4.09. The van der Waals surface area contributed by atoms with Crippen LogP contribution in [0.2, 0.25) is 0 Å². The number of alkyl halides is 3. The van der Waals surface area contributed by atoms with Crippen LogP contribution in [0.25, 0.3) is 0 Å². The van der Waals surface area contributed by atoms with E-state index in [-0.39, 0.29) is 17.3 Å². The van der Waals surface area contributed by atoms with Crippen molar-refractivity contribution in [3.05, 3.63) is 0 Å². The minimum absolute atomic E-state index is 0.0195. The number of hydrogen-bond donors (Lipinski definition) is 1. The quantitative estimate of drug-likeness (QED) is 0.765. The number of nitrogens with zero attached hydrogens (tertiary/aromatic N) is 2. The zero-order valence-corrected chi connectivity index (χ0v) is 12.2. The summed E-state index contributed by atoms with van der Waals surface area (Å²) >= 11 is 0. The summed E-state index contributed by atoms with van der Waals surface area (Å²) in [4.78, 5) is 11.6. The Hall–Kier alpha value is -1.31. The number of carbonyl (C=O) groups is 1. The molecule has 0 aromatic rings. The van der Waals surface area contributed by atoms with Crippen LogP contribution in [-0.2, 0) is 4.74 Å². The van der Waals surface area contributed by atoms with Crippen molar-refractivity contribution in [2.45, 2.75) is 64.3 Å². The SMILES string of the molecule is CCCCCCC1=NN(C(=O)OCC)C(O)(C(F)(F)F)C1. The van der Waals surface area contributed by atoms with Gasteiger partial charge >= 0.3 is 12.3 Å². The molecule has 0 aromatic carbocycles. The summed E-state index contributed by atoms with van der Waals surface area (Å²) in [6.45, 7) is 3.40. The molecule has 0 fully saturated rings. The zero-order chi connectivity index (χ0) is 16.1. The topological polar surface area (TPSA) is 62.1 Å². The Balaban J connectivity index is 2.81. The maximum absolute atomic E-state index is 13.0. The lowest BCUT2D eigenvalue weighted by Crippen LogP contribution is -2.56. The highest BCUT2D eigenvalue weighted by atomic mass is 19.4. The normalized spacial score (nSPS) is 22.4. The van der Waals surface area contributed by atoms with Gasteiger partial charge in [0.05, 0.1) is 6.61 Å². The molecule has 122 valence electrons. The van der Waals surface area contributed by atoms with Crippen LogP contribution in [0, 0.1) is 0 Å². The Labute approximate surface area is 121 Å². The van der Waals surface area contributed by atoms with Crippen LogP contribution < -0.4 is 0 Å². The number of halogens is 3.